The number of sulfone groups is 1. The molecular weight excluding hydrogens is 378 g/mol. The molecule has 8 heteroatoms. The minimum absolute atomic E-state index is 0.0623. The number of aromatic nitrogens is 2. The molecule has 1 aromatic carbocycles. The van der Waals surface area contributed by atoms with Crippen molar-refractivity contribution in [2.45, 2.75) is 39.2 Å². The maximum Gasteiger partial charge on any atom is 0.224 e. The summed E-state index contributed by atoms with van der Waals surface area (Å²) in [6, 6.07) is 7.65. The lowest BCUT2D eigenvalue weighted by Crippen LogP contribution is -2.27. The van der Waals surface area contributed by atoms with Crippen molar-refractivity contribution in [2.24, 2.45) is 0 Å². The number of benzene rings is 1. The fourth-order valence-electron chi connectivity index (χ4n) is 3.67. The summed E-state index contributed by atoms with van der Waals surface area (Å²) < 4.78 is 30.5. The van der Waals surface area contributed by atoms with Crippen LogP contribution in [0.1, 0.15) is 35.0 Å². The Balaban J connectivity index is 1.58. The molecule has 1 aliphatic heterocycles. The van der Waals surface area contributed by atoms with Crippen molar-refractivity contribution in [3.05, 3.63) is 46.8 Å². The van der Waals surface area contributed by atoms with E-state index in [2.05, 4.69) is 10.4 Å². The van der Waals surface area contributed by atoms with Crippen LogP contribution in [0.25, 0.3) is 0 Å². The molecule has 0 bridgehead atoms. The van der Waals surface area contributed by atoms with Gasteiger partial charge in [0.25, 0.3) is 0 Å². The molecule has 1 saturated heterocycles. The van der Waals surface area contributed by atoms with Crippen molar-refractivity contribution in [3.8, 4) is 5.75 Å². The third-order valence-corrected chi connectivity index (χ3v) is 6.99. The number of carbonyl (C=O) groups excluding carboxylic acids is 1. The number of hydrogen-bond acceptors (Lipinski definition) is 5. The number of nitrogens with one attached hydrogen (secondary N) is 1. The summed E-state index contributed by atoms with van der Waals surface area (Å²) in [5.74, 6) is 1.07. The molecule has 2 aromatic rings. The third-order valence-electron chi connectivity index (χ3n) is 5.24. The van der Waals surface area contributed by atoms with Crippen molar-refractivity contribution in [3.63, 3.8) is 0 Å². The minimum Gasteiger partial charge on any atom is -0.497 e. The first-order valence-electron chi connectivity index (χ1n) is 9.43. The number of rotatable bonds is 7. The van der Waals surface area contributed by atoms with Crippen molar-refractivity contribution < 1.29 is 17.9 Å². The highest BCUT2D eigenvalue weighted by molar-refractivity contribution is 7.91. The quantitative estimate of drug-likeness (QED) is 0.758. The molecular formula is C20H27N3O4S. The fraction of sp³-hybridized carbons (Fsp3) is 0.500. The topological polar surface area (TPSA) is 90.3 Å². The largest absolute Gasteiger partial charge is 0.497 e. The second kappa shape index (κ2) is 8.34. The maximum absolute atomic E-state index is 12.4. The van der Waals surface area contributed by atoms with E-state index in [-0.39, 0.29) is 29.9 Å². The van der Waals surface area contributed by atoms with Crippen LogP contribution in [-0.4, -0.2) is 49.3 Å². The highest BCUT2D eigenvalue weighted by atomic mass is 32.2. The first kappa shape index (κ1) is 20.4. The normalized spacial score (nSPS) is 18.2. The van der Waals surface area contributed by atoms with Gasteiger partial charge in [-0.2, -0.15) is 5.10 Å². The summed E-state index contributed by atoms with van der Waals surface area (Å²) in [4.78, 5) is 12.4. The summed E-state index contributed by atoms with van der Waals surface area (Å²) in [5, 5.41) is 7.47. The van der Waals surface area contributed by atoms with E-state index in [0.29, 0.717) is 13.0 Å². The van der Waals surface area contributed by atoms with Gasteiger partial charge in [-0.1, -0.05) is 12.1 Å². The predicted molar refractivity (Wildman–Crippen MR) is 107 cm³/mol. The SMILES string of the molecule is COc1cccc(CCNC(=O)Cc2c(C)nn(C3CCS(=O)(=O)C3)c2C)c1. The molecule has 1 aromatic heterocycles. The maximum atomic E-state index is 12.4. The summed E-state index contributed by atoms with van der Waals surface area (Å²) in [7, 11) is -1.35. The van der Waals surface area contributed by atoms with Gasteiger partial charge in [-0.15, -0.1) is 0 Å². The molecule has 1 unspecified atom stereocenters. The molecule has 152 valence electrons. The zero-order valence-electron chi connectivity index (χ0n) is 16.6. The van der Waals surface area contributed by atoms with Crippen molar-refractivity contribution in [2.75, 3.05) is 25.2 Å². The Hall–Kier alpha value is -2.35. The number of amides is 1. The smallest absolute Gasteiger partial charge is 0.224 e. The molecule has 1 aliphatic rings. The summed E-state index contributed by atoms with van der Waals surface area (Å²) >= 11 is 0. The third kappa shape index (κ3) is 4.73. The van der Waals surface area contributed by atoms with E-state index in [1.54, 1.807) is 11.8 Å². The summed E-state index contributed by atoms with van der Waals surface area (Å²) in [6.45, 7) is 4.31. The highest BCUT2D eigenvalue weighted by Crippen LogP contribution is 2.27. The summed E-state index contributed by atoms with van der Waals surface area (Å²) in [5.41, 5.74) is 3.64. The second-order valence-corrected chi connectivity index (χ2v) is 9.51. The van der Waals surface area contributed by atoms with Gasteiger partial charge in [0, 0.05) is 17.8 Å². The van der Waals surface area contributed by atoms with Crippen LogP contribution in [0.2, 0.25) is 0 Å². The Bertz CT molecular complexity index is 966. The fourth-order valence-corrected chi connectivity index (χ4v) is 5.37. The Morgan fingerprint density at radius 1 is 1.36 bits per heavy atom. The molecule has 28 heavy (non-hydrogen) atoms. The lowest BCUT2D eigenvalue weighted by atomic mass is 10.1. The summed E-state index contributed by atoms with van der Waals surface area (Å²) in [6.07, 6.45) is 1.55. The number of carbonyl (C=O) groups is 1. The number of hydrogen-bond donors (Lipinski definition) is 1. The number of nitrogens with zero attached hydrogens (tertiary/aromatic N) is 2. The van der Waals surface area contributed by atoms with E-state index in [9.17, 15) is 13.2 Å². The molecule has 1 atom stereocenters. The average molecular weight is 406 g/mol. The van der Waals surface area contributed by atoms with Crippen molar-refractivity contribution in [1.29, 1.82) is 0 Å². The first-order chi connectivity index (χ1) is 13.3. The molecule has 7 nitrogen and oxygen atoms in total. The Morgan fingerprint density at radius 3 is 2.82 bits per heavy atom. The van der Waals surface area contributed by atoms with Crippen LogP contribution in [-0.2, 0) is 27.5 Å². The van der Waals surface area contributed by atoms with Crippen LogP contribution >= 0.6 is 0 Å². The van der Waals surface area contributed by atoms with E-state index < -0.39 is 9.84 Å². The molecule has 0 saturated carbocycles. The molecule has 0 aliphatic carbocycles. The minimum atomic E-state index is -2.98. The van der Waals surface area contributed by atoms with Gasteiger partial charge in [-0.3, -0.25) is 9.48 Å². The number of aryl methyl sites for hydroxylation is 1. The highest BCUT2D eigenvalue weighted by Gasteiger charge is 2.31. The van der Waals surface area contributed by atoms with Crippen LogP contribution in [0.3, 0.4) is 0 Å². The number of methoxy groups -OCH3 is 1. The van der Waals surface area contributed by atoms with Crippen molar-refractivity contribution >= 4 is 15.7 Å². The standard InChI is InChI=1S/C20H27N3O4S/c1-14-19(15(2)23(22-14)17-8-10-28(25,26)13-17)12-20(24)21-9-7-16-5-4-6-18(11-16)27-3/h4-6,11,17H,7-10,12-13H2,1-3H3,(H,21,24). The van der Waals surface area contributed by atoms with Crippen LogP contribution < -0.4 is 10.1 Å². The lowest BCUT2D eigenvalue weighted by Gasteiger charge is -2.11. The molecule has 1 amide bonds. The molecule has 1 N–H and O–H groups in total. The van der Waals surface area contributed by atoms with Gasteiger partial charge in [0.05, 0.1) is 36.8 Å². The van der Waals surface area contributed by atoms with Gasteiger partial charge in [0.2, 0.25) is 5.91 Å². The van der Waals surface area contributed by atoms with Gasteiger partial charge < -0.3 is 10.1 Å². The van der Waals surface area contributed by atoms with Gasteiger partial charge in [0.1, 0.15) is 5.75 Å². The van der Waals surface area contributed by atoms with E-state index in [4.69, 9.17) is 4.74 Å². The number of ether oxygens (including phenoxy) is 1. The molecule has 2 heterocycles. The van der Waals surface area contributed by atoms with Gasteiger partial charge >= 0.3 is 0 Å². The monoisotopic (exact) mass is 405 g/mol. The van der Waals surface area contributed by atoms with E-state index in [1.165, 1.54) is 0 Å². The lowest BCUT2D eigenvalue weighted by molar-refractivity contribution is -0.120. The van der Waals surface area contributed by atoms with E-state index in [0.717, 1.165) is 34.7 Å². The van der Waals surface area contributed by atoms with Crippen LogP contribution in [0.5, 0.6) is 5.75 Å². The second-order valence-electron chi connectivity index (χ2n) is 7.28. The molecule has 1 fully saturated rings. The molecule has 0 spiro atoms. The van der Waals surface area contributed by atoms with Gasteiger partial charge in [-0.05, 0) is 44.4 Å². The molecule has 0 radical (unpaired) electrons. The van der Waals surface area contributed by atoms with Crippen molar-refractivity contribution in [1.82, 2.24) is 15.1 Å². The van der Waals surface area contributed by atoms with Crippen LogP contribution in [0.15, 0.2) is 24.3 Å². The Labute approximate surface area is 166 Å². The van der Waals surface area contributed by atoms with E-state index >= 15 is 0 Å². The van der Waals surface area contributed by atoms with Gasteiger partial charge in [0.15, 0.2) is 9.84 Å². The zero-order chi connectivity index (χ0) is 20.3. The van der Waals surface area contributed by atoms with Crippen LogP contribution in [0, 0.1) is 13.8 Å². The molecule has 3 rings (SSSR count). The predicted octanol–water partition coefficient (Wildman–Crippen LogP) is 1.77. The average Bonchev–Trinajstić information content (AvgIpc) is 3.15. The Morgan fingerprint density at radius 2 is 2.14 bits per heavy atom. The zero-order valence-corrected chi connectivity index (χ0v) is 17.4. The first-order valence-corrected chi connectivity index (χ1v) is 11.3. The van der Waals surface area contributed by atoms with E-state index in [1.807, 2.05) is 38.1 Å². The van der Waals surface area contributed by atoms with Crippen LogP contribution in [0.4, 0.5) is 0 Å². The Kier molecular flexibility index (Phi) is 6.07. The van der Waals surface area contributed by atoms with Gasteiger partial charge in [-0.25, -0.2) is 8.42 Å².